The molecule has 0 radical (unpaired) electrons. The van der Waals surface area contributed by atoms with Crippen molar-refractivity contribution in [3.8, 4) is 0 Å². The van der Waals surface area contributed by atoms with E-state index in [0.717, 1.165) is 35.3 Å². The first-order valence-corrected chi connectivity index (χ1v) is 7.74. The quantitative estimate of drug-likeness (QED) is 0.865. The van der Waals surface area contributed by atoms with Crippen LogP contribution in [0.4, 0.5) is 0 Å². The number of carbonyl (C=O) groups is 1. The maximum Gasteiger partial charge on any atom is 0.246 e. The van der Waals surface area contributed by atoms with Crippen LogP contribution < -0.4 is 10.6 Å². The topological polar surface area (TPSA) is 50.4 Å². The van der Waals surface area contributed by atoms with Gasteiger partial charge in [-0.2, -0.15) is 0 Å². The maximum absolute atomic E-state index is 11.6. The number of halogens is 1. The molecule has 1 saturated heterocycles. The third-order valence-corrected chi connectivity index (χ3v) is 4.80. The molecule has 0 saturated carbocycles. The molecule has 2 rings (SSSR count). The van der Waals surface area contributed by atoms with Gasteiger partial charge in [0.2, 0.25) is 5.91 Å². The van der Waals surface area contributed by atoms with Crippen LogP contribution in [0.15, 0.2) is 15.9 Å². The van der Waals surface area contributed by atoms with E-state index in [1.165, 1.54) is 0 Å². The van der Waals surface area contributed by atoms with Crippen LogP contribution >= 0.6 is 27.3 Å². The molecule has 1 aliphatic rings. The summed E-state index contributed by atoms with van der Waals surface area (Å²) in [5.74, 6) is -0.0474. The van der Waals surface area contributed by atoms with Crippen molar-refractivity contribution < 1.29 is 9.53 Å². The lowest BCUT2D eigenvalue weighted by molar-refractivity contribution is -0.128. The minimum absolute atomic E-state index is 0.0474. The molecular weight excluding hydrogens is 316 g/mol. The van der Waals surface area contributed by atoms with Crippen LogP contribution in [0.2, 0.25) is 0 Å². The Labute approximate surface area is 119 Å². The van der Waals surface area contributed by atoms with Crippen LogP contribution in [0.25, 0.3) is 0 Å². The van der Waals surface area contributed by atoms with Crippen molar-refractivity contribution in [1.82, 2.24) is 10.6 Å². The number of hydrogen-bond acceptors (Lipinski definition) is 4. The highest BCUT2D eigenvalue weighted by molar-refractivity contribution is 9.10. The van der Waals surface area contributed by atoms with Gasteiger partial charge in [0.05, 0.1) is 12.6 Å². The van der Waals surface area contributed by atoms with Gasteiger partial charge in [-0.3, -0.25) is 4.79 Å². The highest BCUT2D eigenvalue weighted by Gasteiger charge is 2.14. The molecule has 0 unspecified atom stereocenters. The maximum atomic E-state index is 11.6. The molecule has 4 nitrogen and oxygen atoms in total. The molecule has 1 aromatic heterocycles. The second-order valence-corrected chi connectivity index (χ2v) is 6.08. The lowest BCUT2D eigenvalue weighted by Gasteiger charge is -2.22. The van der Waals surface area contributed by atoms with E-state index in [0.29, 0.717) is 6.54 Å². The second kappa shape index (κ2) is 7.23. The smallest absolute Gasteiger partial charge is 0.246 e. The minimum atomic E-state index is -0.0474. The summed E-state index contributed by atoms with van der Waals surface area (Å²) in [6, 6.07) is 1.98. The Kier molecular flexibility index (Phi) is 5.62. The van der Waals surface area contributed by atoms with Crippen molar-refractivity contribution in [3.05, 3.63) is 20.8 Å². The summed E-state index contributed by atoms with van der Waals surface area (Å²) in [4.78, 5) is 12.8. The lowest BCUT2D eigenvalue weighted by atomic mass is 10.1. The Morgan fingerprint density at radius 3 is 3.00 bits per heavy atom. The Morgan fingerprint density at radius 1 is 1.56 bits per heavy atom. The number of piperidine rings is 1. The molecule has 0 bridgehead atoms. The van der Waals surface area contributed by atoms with Crippen molar-refractivity contribution in [2.75, 3.05) is 19.7 Å². The van der Waals surface area contributed by atoms with E-state index in [2.05, 4.69) is 26.6 Å². The van der Waals surface area contributed by atoms with Crippen LogP contribution in [0, 0.1) is 0 Å². The average Bonchev–Trinajstić information content (AvgIpc) is 2.81. The molecule has 0 aromatic carbocycles. The zero-order valence-corrected chi connectivity index (χ0v) is 12.5. The van der Waals surface area contributed by atoms with Gasteiger partial charge in [-0.05, 0) is 53.3 Å². The lowest BCUT2D eigenvalue weighted by Crippen LogP contribution is -2.35. The molecule has 2 heterocycles. The van der Waals surface area contributed by atoms with Crippen LogP contribution in [0.5, 0.6) is 0 Å². The summed E-state index contributed by atoms with van der Waals surface area (Å²) in [5.41, 5.74) is 0. The van der Waals surface area contributed by atoms with E-state index >= 15 is 0 Å². The standard InChI is InChI=1S/C12H17BrN2O2S/c13-10-3-6-18-11(10)7-15-12(16)8-17-9-1-4-14-5-2-9/h3,6,9,14H,1-2,4-5,7-8H2,(H,15,16). The third-order valence-electron chi connectivity index (χ3n) is 2.87. The normalized spacial score (nSPS) is 16.7. The molecule has 0 spiro atoms. The summed E-state index contributed by atoms with van der Waals surface area (Å²) in [5, 5.41) is 8.13. The summed E-state index contributed by atoms with van der Waals surface area (Å²) in [7, 11) is 0. The van der Waals surface area contributed by atoms with Gasteiger partial charge in [0.1, 0.15) is 6.61 Å². The van der Waals surface area contributed by atoms with Crippen LogP contribution in [0.1, 0.15) is 17.7 Å². The number of amides is 1. The molecule has 100 valence electrons. The van der Waals surface area contributed by atoms with Crippen LogP contribution in [-0.2, 0) is 16.1 Å². The predicted molar refractivity (Wildman–Crippen MR) is 75.7 cm³/mol. The highest BCUT2D eigenvalue weighted by atomic mass is 79.9. The summed E-state index contributed by atoms with van der Waals surface area (Å²) >= 11 is 5.07. The predicted octanol–water partition coefficient (Wildman–Crippen LogP) is 1.90. The van der Waals surface area contributed by atoms with Crippen LogP contribution in [-0.4, -0.2) is 31.7 Å². The number of carbonyl (C=O) groups excluding carboxylic acids is 1. The molecule has 18 heavy (non-hydrogen) atoms. The van der Waals surface area contributed by atoms with Crippen molar-refractivity contribution in [3.63, 3.8) is 0 Å². The van der Waals surface area contributed by atoms with Gasteiger partial charge in [-0.1, -0.05) is 0 Å². The largest absolute Gasteiger partial charge is 0.368 e. The molecule has 6 heteroatoms. The van der Waals surface area contributed by atoms with E-state index in [-0.39, 0.29) is 18.6 Å². The Balaban J connectivity index is 1.64. The Bertz CT molecular complexity index is 391. The molecule has 0 aliphatic carbocycles. The molecule has 0 atom stereocenters. The van der Waals surface area contributed by atoms with Crippen molar-refractivity contribution >= 4 is 33.2 Å². The number of nitrogens with one attached hydrogen (secondary N) is 2. The fraction of sp³-hybridized carbons (Fsp3) is 0.583. The summed E-state index contributed by atoms with van der Waals surface area (Å²) in [6.45, 7) is 2.68. The van der Waals surface area contributed by atoms with Crippen LogP contribution in [0.3, 0.4) is 0 Å². The Morgan fingerprint density at radius 2 is 2.33 bits per heavy atom. The first-order valence-electron chi connectivity index (χ1n) is 6.06. The van der Waals surface area contributed by atoms with Gasteiger partial charge in [0.25, 0.3) is 0 Å². The first-order chi connectivity index (χ1) is 8.75. The molecule has 1 aromatic rings. The third kappa shape index (κ3) is 4.35. The van der Waals surface area contributed by atoms with E-state index in [4.69, 9.17) is 4.74 Å². The second-order valence-electron chi connectivity index (χ2n) is 4.23. The minimum Gasteiger partial charge on any atom is -0.368 e. The fourth-order valence-electron chi connectivity index (χ4n) is 1.84. The molecule has 1 fully saturated rings. The number of ether oxygens (including phenoxy) is 1. The van der Waals surface area contributed by atoms with Gasteiger partial charge in [-0.15, -0.1) is 11.3 Å². The van der Waals surface area contributed by atoms with Gasteiger partial charge in [0.15, 0.2) is 0 Å². The van der Waals surface area contributed by atoms with E-state index in [1.807, 2.05) is 11.4 Å². The average molecular weight is 333 g/mol. The monoisotopic (exact) mass is 332 g/mol. The molecule has 2 N–H and O–H groups in total. The number of rotatable bonds is 5. The van der Waals surface area contributed by atoms with Crippen molar-refractivity contribution in [1.29, 1.82) is 0 Å². The summed E-state index contributed by atoms with van der Waals surface area (Å²) in [6.07, 6.45) is 2.21. The first kappa shape index (κ1) is 14.0. The summed E-state index contributed by atoms with van der Waals surface area (Å²) < 4.78 is 6.63. The van der Waals surface area contributed by atoms with Gasteiger partial charge < -0.3 is 15.4 Å². The molecular formula is C12H17BrN2O2S. The molecule has 1 amide bonds. The van der Waals surface area contributed by atoms with Gasteiger partial charge in [0, 0.05) is 9.35 Å². The van der Waals surface area contributed by atoms with Gasteiger partial charge >= 0.3 is 0 Å². The zero-order valence-electron chi connectivity index (χ0n) is 10.1. The van der Waals surface area contributed by atoms with E-state index in [1.54, 1.807) is 11.3 Å². The Hall–Kier alpha value is -0.430. The zero-order chi connectivity index (χ0) is 12.8. The van der Waals surface area contributed by atoms with Gasteiger partial charge in [-0.25, -0.2) is 0 Å². The van der Waals surface area contributed by atoms with E-state index in [9.17, 15) is 4.79 Å². The van der Waals surface area contributed by atoms with Crippen molar-refractivity contribution in [2.24, 2.45) is 0 Å². The number of hydrogen-bond donors (Lipinski definition) is 2. The fourth-order valence-corrected chi connectivity index (χ4v) is 3.27. The van der Waals surface area contributed by atoms with E-state index < -0.39 is 0 Å². The molecule has 1 aliphatic heterocycles. The highest BCUT2D eigenvalue weighted by Crippen LogP contribution is 2.22. The SMILES string of the molecule is O=C(COC1CCNCC1)NCc1sccc1Br. The number of thiophene rings is 1. The van der Waals surface area contributed by atoms with Crippen molar-refractivity contribution in [2.45, 2.75) is 25.5 Å².